The highest BCUT2D eigenvalue weighted by Gasteiger charge is 2.20. The van der Waals surface area contributed by atoms with Gasteiger partial charge in [0.1, 0.15) is 18.1 Å². The molecule has 0 aromatic heterocycles. The zero-order valence-electron chi connectivity index (χ0n) is 13.6. The molecule has 0 fully saturated rings. The van der Waals surface area contributed by atoms with Crippen molar-refractivity contribution in [2.75, 3.05) is 20.8 Å². The Balaban J connectivity index is 1.75. The van der Waals surface area contributed by atoms with Crippen LogP contribution in [0.2, 0.25) is 5.02 Å². The summed E-state index contributed by atoms with van der Waals surface area (Å²) in [5.41, 5.74) is 2.49. The second kappa shape index (κ2) is 6.97. The molecule has 0 radical (unpaired) electrons. The van der Waals surface area contributed by atoms with Gasteiger partial charge in [0.05, 0.1) is 12.7 Å². The van der Waals surface area contributed by atoms with Crippen molar-refractivity contribution >= 4 is 23.6 Å². The van der Waals surface area contributed by atoms with Gasteiger partial charge in [-0.25, -0.2) is 0 Å². The normalized spacial score (nSPS) is 12.7. The molecule has 1 aliphatic heterocycles. The third-order valence-electron chi connectivity index (χ3n) is 3.86. The van der Waals surface area contributed by atoms with Crippen LogP contribution in [0.5, 0.6) is 11.5 Å². The minimum Gasteiger partial charge on any atom is -0.497 e. The highest BCUT2D eigenvalue weighted by Crippen LogP contribution is 2.30. The molecule has 1 aliphatic rings. The fourth-order valence-electron chi connectivity index (χ4n) is 2.62. The van der Waals surface area contributed by atoms with Gasteiger partial charge in [-0.3, -0.25) is 4.79 Å². The number of halogens is 1. The molecular formula is C19H18ClNO3. The Bertz CT molecular complexity index is 801. The molecule has 1 heterocycles. The number of likely N-dealkylation sites (N-methyl/N-ethyl adjacent to an activating group) is 1. The molecule has 3 rings (SSSR count). The second-order valence-electron chi connectivity index (χ2n) is 5.65. The van der Waals surface area contributed by atoms with E-state index in [2.05, 4.69) is 0 Å². The molecule has 2 aromatic rings. The van der Waals surface area contributed by atoms with Crippen molar-refractivity contribution in [3.05, 3.63) is 64.2 Å². The quantitative estimate of drug-likeness (QED) is 0.848. The fraction of sp³-hybridized carbons (Fsp3) is 0.211. The van der Waals surface area contributed by atoms with Gasteiger partial charge in [-0.15, -0.1) is 0 Å². The summed E-state index contributed by atoms with van der Waals surface area (Å²) in [6.45, 7) is 0.741. The van der Waals surface area contributed by atoms with Gasteiger partial charge < -0.3 is 14.4 Å². The van der Waals surface area contributed by atoms with Crippen molar-refractivity contribution in [2.45, 2.75) is 6.54 Å². The van der Waals surface area contributed by atoms with E-state index in [9.17, 15) is 4.79 Å². The number of benzene rings is 2. The minimum atomic E-state index is -0.0588. The predicted octanol–water partition coefficient (Wildman–Crippen LogP) is 3.78. The lowest BCUT2D eigenvalue weighted by molar-refractivity contribution is -0.126. The molecule has 0 saturated carbocycles. The zero-order chi connectivity index (χ0) is 17.1. The van der Waals surface area contributed by atoms with Crippen molar-refractivity contribution in [1.29, 1.82) is 0 Å². The van der Waals surface area contributed by atoms with E-state index < -0.39 is 0 Å². The average Bonchev–Trinajstić information content (AvgIpc) is 2.60. The molecule has 0 aliphatic carbocycles. The summed E-state index contributed by atoms with van der Waals surface area (Å²) in [6, 6.07) is 13.1. The average molecular weight is 344 g/mol. The van der Waals surface area contributed by atoms with Crippen LogP contribution in [0.15, 0.2) is 48.0 Å². The zero-order valence-corrected chi connectivity index (χ0v) is 14.3. The van der Waals surface area contributed by atoms with Crippen LogP contribution >= 0.6 is 11.6 Å². The van der Waals surface area contributed by atoms with Crippen molar-refractivity contribution in [1.82, 2.24) is 4.90 Å². The highest BCUT2D eigenvalue weighted by atomic mass is 35.5. The van der Waals surface area contributed by atoms with Crippen LogP contribution in [0.1, 0.15) is 11.1 Å². The maximum Gasteiger partial charge on any atom is 0.253 e. The molecule has 5 heteroatoms. The number of fused-ring (bicyclic) bond motifs is 1. The molecule has 0 spiro atoms. The smallest absolute Gasteiger partial charge is 0.253 e. The van der Waals surface area contributed by atoms with Gasteiger partial charge in [0, 0.05) is 30.2 Å². The Hall–Kier alpha value is -2.46. The van der Waals surface area contributed by atoms with Crippen LogP contribution in [0, 0.1) is 0 Å². The SMILES string of the molecule is COc1ccc2c(c1)OCC(C(=O)N(C)Cc1cccc(Cl)c1)=C2. The van der Waals surface area contributed by atoms with Gasteiger partial charge in [-0.1, -0.05) is 23.7 Å². The number of hydrogen-bond acceptors (Lipinski definition) is 3. The van der Waals surface area contributed by atoms with Gasteiger partial charge in [0.2, 0.25) is 0 Å². The Kier molecular flexibility index (Phi) is 4.76. The lowest BCUT2D eigenvalue weighted by atomic mass is 10.1. The summed E-state index contributed by atoms with van der Waals surface area (Å²) in [6.07, 6.45) is 1.87. The largest absolute Gasteiger partial charge is 0.497 e. The number of rotatable bonds is 4. The topological polar surface area (TPSA) is 38.8 Å². The molecule has 0 N–H and O–H groups in total. The van der Waals surface area contributed by atoms with Crippen molar-refractivity contribution in [3.63, 3.8) is 0 Å². The first-order valence-corrected chi connectivity index (χ1v) is 7.96. The minimum absolute atomic E-state index is 0.0588. The first-order valence-electron chi connectivity index (χ1n) is 7.58. The van der Waals surface area contributed by atoms with Crippen LogP contribution in [0.4, 0.5) is 0 Å². The first-order chi connectivity index (χ1) is 11.6. The van der Waals surface area contributed by atoms with E-state index in [1.165, 1.54) is 0 Å². The van der Waals surface area contributed by atoms with Gasteiger partial charge >= 0.3 is 0 Å². The Morgan fingerprint density at radius 3 is 2.88 bits per heavy atom. The lowest BCUT2D eigenvalue weighted by Crippen LogP contribution is -2.30. The standard InChI is InChI=1S/C19H18ClNO3/c1-21(11-13-4-3-5-16(20)8-13)19(22)15-9-14-6-7-17(23-2)10-18(14)24-12-15/h3-10H,11-12H2,1-2H3. The fourth-order valence-corrected chi connectivity index (χ4v) is 2.83. The molecule has 2 aromatic carbocycles. The molecule has 1 amide bonds. The van der Waals surface area contributed by atoms with Crippen LogP contribution in [-0.4, -0.2) is 31.6 Å². The number of hydrogen-bond donors (Lipinski definition) is 0. The Morgan fingerprint density at radius 1 is 1.29 bits per heavy atom. The number of amides is 1. The molecule has 124 valence electrons. The van der Waals surface area contributed by atoms with E-state index in [1.54, 1.807) is 19.1 Å². The van der Waals surface area contributed by atoms with E-state index in [4.69, 9.17) is 21.1 Å². The molecule has 0 bridgehead atoms. The molecule has 24 heavy (non-hydrogen) atoms. The number of nitrogens with zero attached hydrogens (tertiary/aromatic N) is 1. The van der Waals surface area contributed by atoms with Gasteiger partial charge in [-0.2, -0.15) is 0 Å². The summed E-state index contributed by atoms with van der Waals surface area (Å²) < 4.78 is 10.9. The Labute approximate surface area is 146 Å². The highest BCUT2D eigenvalue weighted by molar-refractivity contribution is 6.30. The van der Waals surface area contributed by atoms with E-state index in [0.29, 0.717) is 17.1 Å². The third kappa shape index (κ3) is 3.54. The summed E-state index contributed by atoms with van der Waals surface area (Å²) in [5.74, 6) is 1.40. The summed E-state index contributed by atoms with van der Waals surface area (Å²) >= 11 is 5.99. The van der Waals surface area contributed by atoms with E-state index in [1.807, 2.05) is 48.5 Å². The van der Waals surface area contributed by atoms with Crippen molar-refractivity contribution < 1.29 is 14.3 Å². The number of carbonyl (C=O) groups excluding carboxylic acids is 1. The molecular weight excluding hydrogens is 326 g/mol. The van der Waals surface area contributed by atoms with Gasteiger partial charge in [0.15, 0.2) is 0 Å². The van der Waals surface area contributed by atoms with Crippen molar-refractivity contribution in [2.24, 2.45) is 0 Å². The predicted molar refractivity (Wildman–Crippen MR) is 94.4 cm³/mol. The Morgan fingerprint density at radius 2 is 2.12 bits per heavy atom. The van der Waals surface area contributed by atoms with E-state index >= 15 is 0 Å². The maximum atomic E-state index is 12.6. The third-order valence-corrected chi connectivity index (χ3v) is 4.10. The molecule has 0 atom stereocenters. The summed E-state index contributed by atoms with van der Waals surface area (Å²) in [4.78, 5) is 14.3. The van der Waals surface area contributed by atoms with Gasteiger partial charge in [-0.05, 0) is 35.9 Å². The molecule has 4 nitrogen and oxygen atoms in total. The number of ether oxygens (including phenoxy) is 2. The van der Waals surface area contributed by atoms with Crippen LogP contribution in [0.25, 0.3) is 6.08 Å². The summed E-state index contributed by atoms with van der Waals surface area (Å²) in [7, 11) is 3.38. The number of methoxy groups -OCH3 is 1. The van der Waals surface area contributed by atoms with E-state index in [-0.39, 0.29) is 12.5 Å². The lowest BCUT2D eigenvalue weighted by Gasteiger charge is -2.23. The van der Waals surface area contributed by atoms with Crippen LogP contribution in [-0.2, 0) is 11.3 Å². The maximum absolute atomic E-state index is 12.6. The van der Waals surface area contributed by atoms with Gasteiger partial charge in [0.25, 0.3) is 5.91 Å². The molecule has 0 unspecified atom stereocenters. The van der Waals surface area contributed by atoms with Crippen LogP contribution in [0.3, 0.4) is 0 Å². The summed E-state index contributed by atoms with van der Waals surface area (Å²) in [5, 5.41) is 0.663. The first kappa shape index (κ1) is 16.4. The van der Waals surface area contributed by atoms with E-state index in [0.717, 1.165) is 22.6 Å². The second-order valence-corrected chi connectivity index (χ2v) is 6.09. The monoisotopic (exact) mass is 343 g/mol. The van der Waals surface area contributed by atoms with Crippen LogP contribution < -0.4 is 9.47 Å². The van der Waals surface area contributed by atoms with Crippen molar-refractivity contribution in [3.8, 4) is 11.5 Å². The molecule has 0 saturated heterocycles. The number of carbonyl (C=O) groups is 1.